The summed E-state index contributed by atoms with van der Waals surface area (Å²) in [5.74, 6) is -0.134. The Morgan fingerprint density at radius 3 is 2.02 bits per heavy atom. The maximum atomic E-state index is 14.5. The number of rotatable bonds is 8. The summed E-state index contributed by atoms with van der Waals surface area (Å²) in [6, 6.07) is 1.87. The van der Waals surface area contributed by atoms with Gasteiger partial charge in [-0.1, -0.05) is 11.2 Å². The average molecular weight is 735 g/mol. The van der Waals surface area contributed by atoms with Crippen molar-refractivity contribution in [2.75, 3.05) is 30.0 Å². The number of alkyl halides is 9. The van der Waals surface area contributed by atoms with Gasteiger partial charge in [-0.15, -0.1) is 5.10 Å². The Morgan fingerprint density at radius 2 is 1.49 bits per heavy atom. The highest BCUT2D eigenvalue weighted by molar-refractivity contribution is 5.69. The lowest BCUT2D eigenvalue weighted by molar-refractivity contribution is -0.144. The van der Waals surface area contributed by atoms with Gasteiger partial charge in [-0.05, 0) is 110 Å². The molecule has 0 bridgehead atoms. The smallest absolute Gasteiger partial charge is 0.416 e. The van der Waals surface area contributed by atoms with Gasteiger partial charge in [0.15, 0.2) is 0 Å². The standard InChI is InChI=1S/C34H39F9N6O2/c1-19-12-26-27(49(31-44-46-47(3)45-31)18-23-13-24(32(35,36)37)16-25(14-23)33(38,39)40)6-5-11-48(30(26)20(2)29(19)34(41,42)43)17-22-9-7-21(8-10-22)15-28(50)51-4/h12-14,16,21-22,27H,5-11,15,17-18H2,1-4H3. The number of tetrazole rings is 1. The van der Waals surface area contributed by atoms with Gasteiger partial charge in [0.05, 0.1) is 36.9 Å². The molecular formula is C34H39F9N6O2. The van der Waals surface area contributed by atoms with Crippen LogP contribution in [0.4, 0.5) is 51.1 Å². The summed E-state index contributed by atoms with van der Waals surface area (Å²) < 4.78 is 131. The van der Waals surface area contributed by atoms with Crippen molar-refractivity contribution in [1.29, 1.82) is 0 Å². The first kappa shape index (κ1) is 38.2. The molecule has 1 atom stereocenters. The molecule has 1 aliphatic carbocycles. The Balaban J connectivity index is 1.59. The lowest BCUT2D eigenvalue weighted by Crippen LogP contribution is -2.34. The summed E-state index contributed by atoms with van der Waals surface area (Å²) in [7, 11) is 2.77. The molecule has 5 rings (SSSR count). The number of anilines is 2. The second-order valence-electron chi connectivity index (χ2n) is 13.5. The SMILES string of the molecule is COC(=O)CC1CCC(CN2CCCC(N(Cc3cc(C(F)(F)F)cc(C(F)(F)F)c3)c3nnn(C)n3)c3cc(C)c(C(F)(F)F)c(C)c32)CC1. The predicted molar refractivity (Wildman–Crippen MR) is 169 cm³/mol. The van der Waals surface area contributed by atoms with Gasteiger partial charge in [-0.3, -0.25) is 4.79 Å². The molecule has 0 spiro atoms. The second-order valence-corrected chi connectivity index (χ2v) is 13.5. The summed E-state index contributed by atoms with van der Waals surface area (Å²) in [5, 5.41) is 12.1. The number of nitrogens with zero attached hydrogens (tertiary/aromatic N) is 6. The molecule has 17 heteroatoms. The van der Waals surface area contributed by atoms with Crippen LogP contribution < -0.4 is 9.80 Å². The highest BCUT2D eigenvalue weighted by Crippen LogP contribution is 2.47. The van der Waals surface area contributed by atoms with Crippen molar-refractivity contribution in [2.24, 2.45) is 18.9 Å². The molecule has 0 N–H and O–H groups in total. The van der Waals surface area contributed by atoms with Crippen LogP contribution in [0.3, 0.4) is 0 Å². The minimum atomic E-state index is -5.08. The van der Waals surface area contributed by atoms with Crippen LogP contribution in [0, 0.1) is 25.7 Å². The summed E-state index contributed by atoms with van der Waals surface area (Å²) in [6.45, 7) is 2.99. The Hall–Kier alpha value is -4.05. The first-order valence-electron chi connectivity index (χ1n) is 16.6. The van der Waals surface area contributed by atoms with E-state index in [1.807, 2.05) is 4.90 Å². The van der Waals surface area contributed by atoms with Gasteiger partial charge >= 0.3 is 24.5 Å². The molecule has 0 radical (unpaired) electrons. The number of methoxy groups -OCH3 is 1. The van der Waals surface area contributed by atoms with E-state index in [0.29, 0.717) is 49.3 Å². The quantitative estimate of drug-likeness (QED) is 0.170. The highest BCUT2D eigenvalue weighted by atomic mass is 19.4. The first-order valence-corrected chi connectivity index (χ1v) is 16.6. The number of aryl methyl sites for hydroxylation is 2. The van der Waals surface area contributed by atoms with Crippen LogP contribution in [0.1, 0.15) is 89.9 Å². The number of halogens is 9. The Morgan fingerprint density at radius 1 is 0.882 bits per heavy atom. The van der Waals surface area contributed by atoms with Gasteiger partial charge in [0.2, 0.25) is 0 Å². The summed E-state index contributed by atoms with van der Waals surface area (Å²) in [6.07, 6.45) is -10.8. The van der Waals surface area contributed by atoms with Gasteiger partial charge in [0.1, 0.15) is 0 Å². The second kappa shape index (κ2) is 14.5. The molecule has 2 aliphatic rings. The third-order valence-electron chi connectivity index (χ3n) is 9.89. The lowest BCUT2D eigenvalue weighted by Gasteiger charge is -2.37. The molecule has 2 aromatic carbocycles. The van der Waals surface area contributed by atoms with Crippen LogP contribution in [0.25, 0.3) is 0 Å². The maximum absolute atomic E-state index is 14.5. The Kier molecular flexibility index (Phi) is 10.9. The molecular weight excluding hydrogens is 695 g/mol. The number of carbonyl (C=O) groups excluding carboxylic acids is 1. The van der Waals surface area contributed by atoms with Crippen molar-refractivity contribution >= 4 is 17.6 Å². The molecule has 280 valence electrons. The number of hydrogen-bond donors (Lipinski definition) is 0. The van der Waals surface area contributed by atoms with Crippen LogP contribution >= 0.6 is 0 Å². The largest absolute Gasteiger partial charge is 0.469 e. The molecule has 0 saturated heterocycles. The van der Waals surface area contributed by atoms with Crippen LogP contribution in [-0.4, -0.2) is 46.4 Å². The number of ether oxygens (including phenoxy) is 1. The molecule has 2 heterocycles. The van der Waals surface area contributed by atoms with Crippen LogP contribution in [-0.2, 0) is 41.7 Å². The number of benzene rings is 2. The van der Waals surface area contributed by atoms with Crippen molar-refractivity contribution in [3.63, 3.8) is 0 Å². The van der Waals surface area contributed by atoms with E-state index < -0.39 is 47.8 Å². The summed E-state index contributed by atoms with van der Waals surface area (Å²) >= 11 is 0. The number of fused-ring (bicyclic) bond motifs is 1. The van der Waals surface area contributed by atoms with E-state index >= 15 is 0 Å². The third-order valence-corrected chi connectivity index (χ3v) is 9.89. The van der Waals surface area contributed by atoms with Crippen molar-refractivity contribution < 1.29 is 49.0 Å². The molecule has 1 unspecified atom stereocenters. The minimum absolute atomic E-state index is 0.0192. The normalized spacial score (nSPS) is 20.2. The van der Waals surface area contributed by atoms with E-state index in [1.165, 1.54) is 39.0 Å². The minimum Gasteiger partial charge on any atom is -0.469 e. The Bertz CT molecular complexity index is 1680. The fraction of sp³-hybridized carbons (Fsp3) is 0.588. The highest BCUT2D eigenvalue weighted by Gasteiger charge is 2.41. The van der Waals surface area contributed by atoms with E-state index in [2.05, 4.69) is 15.4 Å². The number of hydrogen-bond acceptors (Lipinski definition) is 7. The number of esters is 1. The van der Waals surface area contributed by atoms with Gasteiger partial charge in [-0.2, -0.15) is 44.3 Å². The summed E-state index contributed by atoms with van der Waals surface area (Å²) in [4.78, 5) is 16.3. The molecule has 1 saturated carbocycles. The van der Waals surface area contributed by atoms with E-state index in [1.54, 1.807) is 0 Å². The molecule has 8 nitrogen and oxygen atoms in total. The topological polar surface area (TPSA) is 76.4 Å². The van der Waals surface area contributed by atoms with Gasteiger partial charge < -0.3 is 14.5 Å². The van der Waals surface area contributed by atoms with E-state index in [4.69, 9.17) is 4.74 Å². The van der Waals surface area contributed by atoms with Crippen molar-refractivity contribution in [3.05, 3.63) is 63.2 Å². The van der Waals surface area contributed by atoms with Crippen molar-refractivity contribution in [1.82, 2.24) is 20.2 Å². The molecule has 51 heavy (non-hydrogen) atoms. The average Bonchev–Trinajstić information content (AvgIpc) is 3.38. The summed E-state index contributed by atoms with van der Waals surface area (Å²) in [5.41, 5.74) is -3.45. The zero-order valence-corrected chi connectivity index (χ0v) is 28.5. The van der Waals surface area contributed by atoms with Crippen LogP contribution in [0.2, 0.25) is 0 Å². The molecule has 1 fully saturated rings. The first-order chi connectivity index (χ1) is 23.8. The number of aromatic nitrogens is 4. The molecule has 0 amide bonds. The van der Waals surface area contributed by atoms with E-state index in [0.717, 1.165) is 30.5 Å². The van der Waals surface area contributed by atoms with Crippen molar-refractivity contribution in [3.8, 4) is 0 Å². The zero-order valence-electron chi connectivity index (χ0n) is 28.5. The molecule has 1 aromatic heterocycles. The lowest BCUT2D eigenvalue weighted by atomic mass is 9.80. The van der Waals surface area contributed by atoms with E-state index in [9.17, 15) is 44.3 Å². The van der Waals surface area contributed by atoms with Crippen LogP contribution in [0.15, 0.2) is 24.3 Å². The van der Waals surface area contributed by atoms with Crippen molar-refractivity contribution in [2.45, 2.75) is 89.9 Å². The molecule has 3 aromatic rings. The predicted octanol–water partition coefficient (Wildman–Crippen LogP) is 8.60. The third kappa shape index (κ3) is 8.71. The van der Waals surface area contributed by atoms with E-state index in [-0.39, 0.29) is 52.9 Å². The van der Waals surface area contributed by atoms with Crippen LogP contribution in [0.5, 0.6) is 0 Å². The Labute approximate surface area is 288 Å². The van der Waals surface area contributed by atoms with Gasteiger partial charge in [0.25, 0.3) is 5.95 Å². The fourth-order valence-corrected chi connectivity index (χ4v) is 7.63. The monoisotopic (exact) mass is 734 g/mol. The van der Waals surface area contributed by atoms with Gasteiger partial charge in [0, 0.05) is 31.7 Å². The number of carbonyl (C=O) groups is 1. The fourth-order valence-electron chi connectivity index (χ4n) is 7.63. The van der Waals surface area contributed by atoms with Gasteiger partial charge in [-0.25, -0.2) is 0 Å². The maximum Gasteiger partial charge on any atom is 0.416 e. The zero-order chi connectivity index (χ0) is 37.5. The molecule has 1 aliphatic heterocycles.